The molecule has 3 atom stereocenters. The van der Waals surface area contributed by atoms with Crippen LogP contribution < -0.4 is 4.74 Å². The fourth-order valence-corrected chi connectivity index (χ4v) is 2.84. The molecule has 0 aromatic heterocycles. The summed E-state index contributed by atoms with van der Waals surface area (Å²) in [5, 5.41) is 39.7. The number of hydrogen-bond acceptors (Lipinski definition) is 5. The summed E-state index contributed by atoms with van der Waals surface area (Å²) in [6, 6.07) is 0. The van der Waals surface area contributed by atoms with Gasteiger partial charge in [-0.25, -0.2) is 0 Å². The highest BCUT2D eigenvalue weighted by Gasteiger charge is 2.48. The Bertz CT molecular complexity index is 609. The molecule has 1 heterocycles. The second kappa shape index (κ2) is 4.89. The van der Waals surface area contributed by atoms with E-state index in [9.17, 15) is 20.1 Å². The molecule has 6 nitrogen and oxygen atoms in total. The lowest BCUT2D eigenvalue weighted by Gasteiger charge is -2.43. The summed E-state index contributed by atoms with van der Waals surface area (Å²) < 4.78 is 5.76. The largest absolute Gasteiger partial charge is 0.507 e. The van der Waals surface area contributed by atoms with E-state index >= 15 is 0 Å². The number of phenolic OH excluding ortho intramolecular Hbond substituents is 1. The molecule has 0 saturated heterocycles. The third-order valence-electron chi connectivity index (χ3n) is 4.32. The number of aliphatic hydroxyl groups is 2. The average molecular weight is 296 g/mol. The van der Waals surface area contributed by atoms with Gasteiger partial charge in [-0.2, -0.15) is 0 Å². The Morgan fingerprint density at radius 1 is 1.19 bits per heavy atom. The van der Waals surface area contributed by atoms with Gasteiger partial charge in [-0.15, -0.1) is 0 Å². The summed E-state index contributed by atoms with van der Waals surface area (Å²) in [5.41, 5.74) is 0.532. The summed E-state index contributed by atoms with van der Waals surface area (Å²) in [6.45, 7) is 6.51. The third-order valence-corrected chi connectivity index (χ3v) is 4.32. The van der Waals surface area contributed by atoms with E-state index in [4.69, 9.17) is 9.84 Å². The van der Waals surface area contributed by atoms with Crippen LogP contribution in [0.15, 0.2) is 0 Å². The van der Waals surface area contributed by atoms with Crippen LogP contribution in [-0.4, -0.2) is 38.1 Å². The predicted octanol–water partition coefficient (Wildman–Crippen LogP) is 1.34. The SMILES string of the molecule is Cc1c(C)c2c(c(C)c1O)C(O)C(O)C(C)(CC(=O)O)O2. The van der Waals surface area contributed by atoms with Gasteiger partial charge in [0.25, 0.3) is 0 Å². The molecule has 2 rings (SSSR count). The van der Waals surface area contributed by atoms with Crippen molar-refractivity contribution in [2.24, 2.45) is 0 Å². The molecule has 4 N–H and O–H groups in total. The molecule has 0 fully saturated rings. The molecular formula is C15H20O6. The van der Waals surface area contributed by atoms with Gasteiger partial charge in [0.2, 0.25) is 0 Å². The monoisotopic (exact) mass is 296 g/mol. The molecule has 116 valence electrons. The standard InChI is InChI=1S/C15H20O6/c1-6-7(2)13-10(8(3)11(6)18)12(19)14(20)15(4,21-13)5-9(16)17/h12,14,18-20H,5H2,1-4H3,(H,16,17). The Kier molecular flexibility index (Phi) is 3.63. The maximum atomic E-state index is 11.0. The summed E-state index contributed by atoms with van der Waals surface area (Å²) in [6.07, 6.45) is -3.16. The van der Waals surface area contributed by atoms with Crippen LogP contribution in [0.2, 0.25) is 0 Å². The van der Waals surface area contributed by atoms with Crippen molar-refractivity contribution in [1.29, 1.82) is 0 Å². The number of rotatable bonds is 2. The molecule has 0 bridgehead atoms. The number of hydrogen-bond donors (Lipinski definition) is 4. The number of carbonyl (C=O) groups is 1. The minimum atomic E-state index is -1.43. The lowest BCUT2D eigenvalue weighted by Crippen LogP contribution is -2.52. The third kappa shape index (κ3) is 2.24. The van der Waals surface area contributed by atoms with Crippen LogP contribution in [0.1, 0.15) is 41.7 Å². The molecule has 0 radical (unpaired) electrons. The van der Waals surface area contributed by atoms with Crippen LogP contribution in [0.3, 0.4) is 0 Å². The number of carboxylic acid groups (broad SMARTS) is 1. The zero-order valence-corrected chi connectivity index (χ0v) is 12.5. The molecule has 1 aliphatic rings. The van der Waals surface area contributed by atoms with Gasteiger partial charge in [0.1, 0.15) is 29.3 Å². The topological polar surface area (TPSA) is 107 Å². The molecule has 0 aliphatic carbocycles. The number of aliphatic carboxylic acids is 1. The summed E-state index contributed by atoms with van der Waals surface area (Å²) in [5.74, 6) is -0.746. The van der Waals surface area contributed by atoms with Crippen LogP contribution in [0.5, 0.6) is 11.5 Å². The number of carboxylic acids is 1. The predicted molar refractivity (Wildman–Crippen MR) is 74.6 cm³/mol. The Hall–Kier alpha value is -1.79. The van der Waals surface area contributed by atoms with Crippen molar-refractivity contribution in [2.45, 2.75) is 51.9 Å². The molecular weight excluding hydrogens is 276 g/mol. The van der Waals surface area contributed by atoms with Crippen molar-refractivity contribution < 1.29 is 30.0 Å². The smallest absolute Gasteiger partial charge is 0.307 e. The Morgan fingerprint density at radius 2 is 1.76 bits per heavy atom. The van der Waals surface area contributed by atoms with E-state index in [1.165, 1.54) is 6.92 Å². The molecule has 1 aliphatic heterocycles. The lowest BCUT2D eigenvalue weighted by atomic mass is 9.81. The zero-order valence-electron chi connectivity index (χ0n) is 12.5. The highest BCUT2D eigenvalue weighted by atomic mass is 16.5. The maximum Gasteiger partial charge on any atom is 0.307 e. The number of phenols is 1. The molecule has 0 saturated carbocycles. The van der Waals surface area contributed by atoms with E-state index in [2.05, 4.69) is 0 Å². The first kappa shape index (κ1) is 15.6. The number of benzene rings is 1. The van der Waals surface area contributed by atoms with Crippen LogP contribution >= 0.6 is 0 Å². The van der Waals surface area contributed by atoms with E-state index in [0.717, 1.165) is 0 Å². The minimum absolute atomic E-state index is 0.0444. The van der Waals surface area contributed by atoms with Crippen molar-refractivity contribution in [3.63, 3.8) is 0 Å². The quantitative estimate of drug-likeness (QED) is 0.656. The Labute approximate surface area is 122 Å². The summed E-state index contributed by atoms with van der Waals surface area (Å²) in [7, 11) is 0. The minimum Gasteiger partial charge on any atom is -0.507 e. The highest BCUT2D eigenvalue weighted by molar-refractivity contribution is 5.69. The Morgan fingerprint density at radius 3 is 2.29 bits per heavy atom. The van der Waals surface area contributed by atoms with E-state index < -0.39 is 30.2 Å². The second-order valence-electron chi connectivity index (χ2n) is 5.84. The van der Waals surface area contributed by atoms with Crippen molar-refractivity contribution in [2.75, 3.05) is 0 Å². The van der Waals surface area contributed by atoms with Crippen LogP contribution in [-0.2, 0) is 4.79 Å². The van der Waals surface area contributed by atoms with Crippen LogP contribution in [0.4, 0.5) is 0 Å². The van der Waals surface area contributed by atoms with Gasteiger partial charge in [-0.3, -0.25) is 4.79 Å². The molecule has 3 unspecified atom stereocenters. The Balaban J connectivity index is 2.66. The van der Waals surface area contributed by atoms with E-state index in [0.29, 0.717) is 28.0 Å². The lowest BCUT2D eigenvalue weighted by molar-refractivity contribution is -0.155. The number of ether oxygens (including phenoxy) is 1. The first-order chi connectivity index (χ1) is 9.60. The average Bonchev–Trinajstić information content (AvgIpc) is 2.39. The number of aromatic hydroxyl groups is 1. The van der Waals surface area contributed by atoms with Crippen molar-refractivity contribution in [3.8, 4) is 11.5 Å². The van der Waals surface area contributed by atoms with Gasteiger partial charge in [0.15, 0.2) is 0 Å². The van der Waals surface area contributed by atoms with E-state index in [1.807, 2.05) is 0 Å². The van der Waals surface area contributed by atoms with Crippen molar-refractivity contribution in [1.82, 2.24) is 0 Å². The van der Waals surface area contributed by atoms with Gasteiger partial charge in [-0.05, 0) is 38.8 Å². The number of aliphatic hydroxyl groups excluding tert-OH is 2. The summed E-state index contributed by atoms with van der Waals surface area (Å²) in [4.78, 5) is 11.0. The molecule has 0 spiro atoms. The van der Waals surface area contributed by atoms with Crippen LogP contribution in [0.25, 0.3) is 0 Å². The van der Waals surface area contributed by atoms with Crippen molar-refractivity contribution >= 4 is 5.97 Å². The van der Waals surface area contributed by atoms with Gasteiger partial charge >= 0.3 is 5.97 Å². The summed E-state index contributed by atoms with van der Waals surface area (Å²) >= 11 is 0. The fourth-order valence-electron chi connectivity index (χ4n) is 2.84. The van der Waals surface area contributed by atoms with Gasteiger partial charge in [-0.1, -0.05) is 0 Å². The van der Waals surface area contributed by atoms with Gasteiger partial charge in [0.05, 0.1) is 6.42 Å². The van der Waals surface area contributed by atoms with E-state index in [-0.39, 0.29) is 5.75 Å². The zero-order chi connectivity index (χ0) is 16.1. The fraction of sp³-hybridized carbons (Fsp3) is 0.533. The second-order valence-corrected chi connectivity index (χ2v) is 5.84. The van der Waals surface area contributed by atoms with Gasteiger partial charge < -0.3 is 25.2 Å². The first-order valence-electron chi connectivity index (χ1n) is 6.69. The highest BCUT2D eigenvalue weighted by Crippen LogP contribution is 2.48. The van der Waals surface area contributed by atoms with Crippen molar-refractivity contribution in [3.05, 3.63) is 22.3 Å². The first-order valence-corrected chi connectivity index (χ1v) is 6.69. The maximum absolute atomic E-state index is 11.0. The van der Waals surface area contributed by atoms with E-state index in [1.54, 1.807) is 20.8 Å². The van der Waals surface area contributed by atoms with Crippen LogP contribution in [0, 0.1) is 20.8 Å². The normalized spacial score (nSPS) is 27.9. The molecule has 21 heavy (non-hydrogen) atoms. The number of fused-ring (bicyclic) bond motifs is 1. The molecule has 0 amide bonds. The molecule has 1 aromatic carbocycles. The molecule has 1 aromatic rings. The van der Waals surface area contributed by atoms with Gasteiger partial charge in [0, 0.05) is 11.1 Å². The molecule has 6 heteroatoms.